The zero-order valence-electron chi connectivity index (χ0n) is 13.7. The first-order valence-electron chi connectivity index (χ1n) is 8.71. The molecule has 3 rings (SSSR count). The number of carboxylic acid groups (broad SMARTS) is 1. The first kappa shape index (κ1) is 16.5. The number of aliphatic hydroxyl groups excluding tert-OH is 1. The van der Waals surface area contributed by atoms with Crippen molar-refractivity contribution < 1.29 is 15.0 Å². The van der Waals surface area contributed by atoms with Gasteiger partial charge in [0.25, 0.3) is 0 Å². The van der Waals surface area contributed by atoms with Gasteiger partial charge in [0.15, 0.2) is 0 Å². The molecular weight excluding hydrogens is 290 g/mol. The lowest BCUT2D eigenvalue weighted by Gasteiger charge is -2.42. The lowest BCUT2D eigenvalue weighted by atomic mass is 9.76. The number of aliphatic hydroxyl groups is 1. The molecule has 0 bridgehead atoms. The molecule has 4 heteroatoms. The number of carboxylic acids is 1. The van der Waals surface area contributed by atoms with Crippen molar-refractivity contribution >= 4 is 5.97 Å². The summed E-state index contributed by atoms with van der Waals surface area (Å²) >= 11 is 0. The van der Waals surface area contributed by atoms with E-state index in [1.165, 1.54) is 24.8 Å². The van der Waals surface area contributed by atoms with Gasteiger partial charge in [-0.25, -0.2) is 0 Å². The Morgan fingerprint density at radius 3 is 2.52 bits per heavy atom. The van der Waals surface area contributed by atoms with Gasteiger partial charge in [-0.1, -0.05) is 37.1 Å². The van der Waals surface area contributed by atoms with Crippen LogP contribution >= 0.6 is 0 Å². The molecule has 2 fully saturated rings. The molecule has 2 N–H and O–H groups in total. The monoisotopic (exact) mass is 317 g/mol. The van der Waals surface area contributed by atoms with E-state index in [0.29, 0.717) is 6.61 Å². The van der Waals surface area contributed by atoms with E-state index in [4.69, 9.17) is 5.11 Å². The second-order valence-corrected chi connectivity index (χ2v) is 7.51. The van der Waals surface area contributed by atoms with Crippen molar-refractivity contribution in [3.05, 3.63) is 35.4 Å². The van der Waals surface area contributed by atoms with E-state index in [1.54, 1.807) is 0 Å². The Morgan fingerprint density at radius 1 is 1.22 bits per heavy atom. The molecule has 1 saturated carbocycles. The summed E-state index contributed by atoms with van der Waals surface area (Å²) in [5.41, 5.74) is 2.17. The fourth-order valence-corrected chi connectivity index (χ4v) is 3.93. The van der Waals surface area contributed by atoms with Gasteiger partial charge in [-0.3, -0.25) is 9.69 Å². The molecule has 1 aromatic rings. The SMILES string of the molecule is O=C(O)Cc1ccc(CN2CCCC(CO)(CC3CC3)C2)cc1. The Hall–Kier alpha value is -1.39. The Kier molecular flexibility index (Phi) is 5.02. The minimum atomic E-state index is -0.790. The van der Waals surface area contributed by atoms with Gasteiger partial charge in [0.1, 0.15) is 0 Å². The van der Waals surface area contributed by atoms with E-state index in [0.717, 1.165) is 44.0 Å². The van der Waals surface area contributed by atoms with E-state index in [1.807, 2.05) is 24.3 Å². The van der Waals surface area contributed by atoms with E-state index < -0.39 is 5.97 Å². The summed E-state index contributed by atoms with van der Waals surface area (Å²) in [6.45, 7) is 3.26. The Bertz CT molecular complexity index is 538. The highest BCUT2D eigenvalue weighted by atomic mass is 16.4. The average Bonchev–Trinajstić information content (AvgIpc) is 3.33. The van der Waals surface area contributed by atoms with E-state index in [9.17, 15) is 9.90 Å². The largest absolute Gasteiger partial charge is 0.481 e. The predicted molar refractivity (Wildman–Crippen MR) is 89.2 cm³/mol. The molecule has 0 amide bonds. The number of piperidine rings is 1. The molecule has 0 spiro atoms. The summed E-state index contributed by atoms with van der Waals surface area (Å²) in [5, 5.41) is 18.8. The molecule has 1 aliphatic carbocycles. The minimum Gasteiger partial charge on any atom is -0.481 e. The van der Waals surface area contributed by atoms with Crippen LogP contribution in [0.4, 0.5) is 0 Å². The van der Waals surface area contributed by atoms with Crippen molar-refractivity contribution in [2.45, 2.75) is 45.1 Å². The first-order chi connectivity index (χ1) is 11.1. The predicted octanol–water partition coefficient (Wildman–Crippen LogP) is 2.69. The van der Waals surface area contributed by atoms with Crippen LogP contribution in [-0.2, 0) is 17.8 Å². The molecule has 2 aliphatic rings. The summed E-state index contributed by atoms with van der Waals surface area (Å²) in [4.78, 5) is 13.2. The van der Waals surface area contributed by atoms with E-state index in [-0.39, 0.29) is 11.8 Å². The highest BCUT2D eigenvalue weighted by Crippen LogP contribution is 2.44. The van der Waals surface area contributed by atoms with Gasteiger partial charge in [-0.05, 0) is 42.9 Å². The van der Waals surface area contributed by atoms with Gasteiger partial charge in [0, 0.05) is 25.1 Å². The Labute approximate surface area is 138 Å². The topological polar surface area (TPSA) is 60.8 Å². The van der Waals surface area contributed by atoms with Crippen LogP contribution in [0.3, 0.4) is 0 Å². The van der Waals surface area contributed by atoms with Crippen molar-refractivity contribution in [2.75, 3.05) is 19.7 Å². The number of carbonyl (C=O) groups is 1. The number of hydrogen-bond acceptors (Lipinski definition) is 3. The first-order valence-corrected chi connectivity index (χ1v) is 8.71. The van der Waals surface area contributed by atoms with Gasteiger partial charge in [-0.2, -0.15) is 0 Å². The van der Waals surface area contributed by atoms with Crippen LogP contribution in [0.15, 0.2) is 24.3 Å². The molecule has 1 unspecified atom stereocenters. The summed E-state index contributed by atoms with van der Waals surface area (Å²) < 4.78 is 0. The highest BCUT2D eigenvalue weighted by molar-refractivity contribution is 5.70. The van der Waals surface area contributed by atoms with E-state index in [2.05, 4.69) is 4.90 Å². The zero-order chi connectivity index (χ0) is 16.3. The molecule has 0 aromatic heterocycles. The number of nitrogens with zero attached hydrogens (tertiary/aromatic N) is 1. The van der Waals surface area contributed by atoms with Crippen molar-refractivity contribution in [3.63, 3.8) is 0 Å². The third-order valence-corrected chi connectivity index (χ3v) is 5.28. The molecule has 23 heavy (non-hydrogen) atoms. The highest BCUT2D eigenvalue weighted by Gasteiger charge is 2.39. The standard InChI is InChI=1S/C19H27NO3/c21-14-19(11-16-4-5-16)8-1-9-20(13-19)12-17-6-2-15(3-7-17)10-18(22)23/h2-3,6-7,16,21H,1,4-5,8-14H2,(H,22,23). The number of benzene rings is 1. The van der Waals surface area contributed by atoms with Crippen LogP contribution in [0.2, 0.25) is 0 Å². The quantitative estimate of drug-likeness (QED) is 0.812. The third kappa shape index (κ3) is 4.55. The maximum absolute atomic E-state index is 10.7. The lowest BCUT2D eigenvalue weighted by molar-refractivity contribution is -0.136. The lowest BCUT2D eigenvalue weighted by Crippen LogP contribution is -2.45. The fraction of sp³-hybridized carbons (Fsp3) is 0.632. The summed E-state index contributed by atoms with van der Waals surface area (Å²) in [7, 11) is 0. The van der Waals surface area contributed by atoms with Crippen LogP contribution in [0, 0.1) is 11.3 Å². The van der Waals surface area contributed by atoms with Crippen molar-refractivity contribution in [1.29, 1.82) is 0 Å². The molecule has 4 nitrogen and oxygen atoms in total. The zero-order valence-corrected chi connectivity index (χ0v) is 13.7. The third-order valence-electron chi connectivity index (χ3n) is 5.28. The number of aliphatic carboxylic acids is 1. The van der Waals surface area contributed by atoms with Gasteiger partial charge < -0.3 is 10.2 Å². The van der Waals surface area contributed by atoms with Crippen molar-refractivity contribution in [2.24, 2.45) is 11.3 Å². The van der Waals surface area contributed by atoms with Crippen LogP contribution in [0.5, 0.6) is 0 Å². The van der Waals surface area contributed by atoms with Crippen LogP contribution in [0.25, 0.3) is 0 Å². The van der Waals surface area contributed by atoms with Crippen molar-refractivity contribution in [1.82, 2.24) is 4.90 Å². The maximum Gasteiger partial charge on any atom is 0.307 e. The average molecular weight is 317 g/mol. The van der Waals surface area contributed by atoms with Crippen LogP contribution < -0.4 is 0 Å². The van der Waals surface area contributed by atoms with Crippen LogP contribution in [0.1, 0.15) is 43.2 Å². The number of hydrogen-bond donors (Lipinski definition) is 2. The summed E-state index contributed by atoms with van der Waals surface area (Å²) in [5.74, 6) is 0.0546. The normalized spacial score (nSPS) is 25.4. The van der Waals surface area contributed by atoms with Crippen molar-refractivity contribution in [3.8, 4) is 0 Å². The Morgan fingerprint density at radius 2 is 1.91 bits per heavy atom. The molecule has 0 radical (unpaired) electrons. The molecule has 1 aromatic carbocycles. The van der Waals surface area contributed by atoms with Gasteiger partial charge in [0.05, 0.1) is 6.42 Å². The molecule has 1 heterocycles. The smallest absolute Gasteiger partial charge is 0.307 e. The molecule has 1 saturated heterocycles. The van der Waals surface area contributed by atoms with Crippen LogP contribution in [-0.4, -0.2) is 40.8 Å². The van der Waals surface area contributed by atoms with E-state index >= 15 is 0 Å². The van der Waals surface area contributed by atoms with Gasteiger partial charge >= 0.3 is 5.97 Å². The fourth-order valence-electron chi connectivity index (χ4n) is 3.93. The molecule has 1 aliphatic heterocycles. The Balaban J connectivity index is 1.59. The summed E-state index contributed by atoms with van der Waals surface area (Å²) in [6, 6.07) is 7.90. The van der Waals surface area contributed by atoms with Gasteiger partial charge in [0.2, 0.25) is 0 Å². The number of rotatable bonds is 7. The number of likely N-dealkylation sites (tertiary alicyclic amines) is 1. The summed E-state index contributed by atoms with van der Waals surface area (Å²) in [6.07, 6.45) is 6.24. The van der Waals surface area contributed by atoms with Gasteiger partial charge in [-0.15, -0.1) is 0 Å². The maximum atomic E-state index is 10.7. The second-order valence-electron chi connectivity index (χ2n) is 7.51. The second kappa shape index (κ2) is 7.02. The molecule has 126 valence electrons. The molecule has 1 atom stereocenters. The molecular formula is C19H27NO3. The minimum absolute atomic E-state index is 0.0823.